The van der Waals surface area contributed by atoms with Crippen LogP contribution in [0, 0.1) is 0 Å². The number of hydrogen-bond acceptors (Lipinski definition) is 5. The van der Waals surface area contributed by atoms with Crippen molar-refractivity contribution in [2.45, 2.75) is 6.04 Å². The summed E-state index contributed by atoms with van der Waals surface area (Å²) < 4.78 is 10.00. The van der Waals surface area contributed by atoms with Crippen molar-refractivity contribution in [2.75, 3.05) is 20.8 Å². The lowest BCUT2D eigenvalue weighted by Gasteiger charge is -2.14. The molecule has 104 valence electrons. The van der Waals surface area contributed by atoms with Gasteiger partial charge in [-0.3, -0.25) is 4.79 Å². The van der Waals surface area contributed by atoms with Gasteiger partial charge in [0.1, 0.15) is 11.5 Å². The van der Waals surface area contributed by atoms with Crippen molar-refractivity contribution in [1.29, 1.82) is 0 Å². The second-order valence-corrected chi connectivity index (χ2v) is 3.61. The second kappa shape index (κ2) is 6.60. The normalized spacial score (nSPS) is 11.5. The number of carbonyl (C=O) groups is 2. The van der Waals surface area contributed by atoms with E-state index in [2.05, 4.69) is 5.32 Å². The lowest BCUT2D eigenvalue weighted by molar-refractivity contribution is -0.140. The van der Waals surface area contributed by atoms with Crippen LogP contribution in [0.3, 0.4) is 0 Å². The highest BCUT2D eigenvalue weighted by molar-refractivity contribution is 5.99. The van der Waals surface area contributed by atoms with Crippen molar-refractivity contribution in [3.8, 4) is 11.5 Å². The molecule has 0 aromatic heterocycles. The van der Waals surface area contributed by atoms with Crippen LogP contribution >= 0.6 is 0 Å². The zero-order valence-corrected chi connectivity index (χ0v) is 10.5. The van der Waals surface area contributed by atoms with E-state index in [1.807, 2.05) is 0 Å². The molecule has 7 nitrogen and oxygen atoms in total. The fourth-order valence-electron chi connectivity index (χ4n) is 1.41. The van der Waals surface area contributed by atoms with Gasteiger partial charge in [0, 0.05) is 0 Å². The van der Waals surface area contributed by atoms with Gasteiger partial charge in [-0.05, 0) is 18.2 Å². The maximum absolute atomic E-state index is 11.9. The number of carboxylic acids is 1. The molecule has 1 amide bonds. The Morgan fingerprint density at radius 2 is 2.00 bits per heavy atom. The molecule has 1 rings (SSSR count). The monoisotopic (exact) mass is 269 g/mol. The lowest BCUT2D eigenvalue weighted by atomic mass is 10.1. The molecule has 0 bridgehead atoms. The van der Waals surface area contributed by atoms with Gasteiger partial charge in [-0.25, -0.2) is 4.79 Å². The van der Waals surface area contributed by atoms with E-state index >= 15 is 0 Å². The molecule has 0 aliphatic rings. The Bertz CT molecular complexity index is 473. The van der Waals surface area contributed by atoms with Crippen molar-refractivity contribution >= 4 is 11.9 Å². The van der Waals surface area contributed by atoms with Crippen LogP contribution in [-0.4, -0.2) is 49.0 Å². The van der Waals surface area contributed by atoms with E-state index in [1.165, 1.54) is 26.4 Å². The molecule has 0 saturated heterocycles. The molecular weight excluding hydrogens is 254 g/mol. The minimum absolute atomic E-state index is 0.126. The summed E-state index contributed by atoms with van der Waals surface area (Å²) in [7, 11) is 2.83. The zero-order chi connectivity index (χ0) is 14.4. The van der Waals surface area contributed by atoms with Crippen molar-refractivity contribution in [2.24, 2.45) is 0 Å². The summed E-state index contributed by atoms with van der Waals surface area (Å²) in [5.41, 5.74) is 0.126. The van der Waals surface area contributed by atoms with Gasteiger partial charge in [-0.15, -0.1) is 0 Å². The number of benzene rings is 1. The third kappa shape index (κ3) is 3.59. The summed E-state index contributed by atoms with van der Waals surface area (Å²) in [6.07, 6.45) is 0. The van der Waals surface area contributed by atoms with Gasteiger partial charge in [-0.1, -0.05) is 0 Å². The SMILES string of the molecule is COc1ccc(OC)c(C(=O)N[C@@H](CO)C(=O)O)c1. The molecule has 0 aliphatic carbocycles. The third-order valence-electron chi connectivity index (χ3n) is 2.44. The lowest BCUT2D eigenvalue weighted by Crippen LogP contribution is -2.43. The van der Waals surface area contributed by atoms with Gasteiger partial charge < -0.3 is 25.0 Å². The average Bonchev–Trinajstić information content (AvgIpc) is 2.43. The molecule has 0 fully saturated rings. The van der Waals surface area contributed by atoms with Gasteiger partial charge in [-0.2, -0.15) is 0 Å². The topological polar surface area (TPSA) is 105 Å². The average molecular weight is 269 g/mol. The number of carbonyl (C=O) groups excluding carboxylic acids is 1. The highest BCUT2D eigenvalue weighted by Crippen LogP contribution is 2.23. The van der Waals surface area contributed by atoms with Crippen molar-refractivity contribution in [3.05, 3.63) is 23.8 Å². The first-order chi connectivity index (χ1) is 9.03. The van der Waals surface area contributed by atoms with Gasteiger partial charge in [0.05, 0.1) is 26.4 Å². The summed E-state index contributed by atoms with van der Waals surface area (Å²) in [5, 5.41) is 19.8. The minimum atomic E-state index is -1.37. The summed E-state index contributed by atoms with van der Waals surface area (Å²) >= 11 is 0. The first kappa shape index (κ1) is 14.8. The molecular formula is C12H15NO6. The van der Waals surface area contributed by atoms with Crippen LogP contribution in [0.4, 0.5) is 0 Å². The number of ether oxygens (including phenoxy) is 2. The van der Waals surface area contributed by atoms with Crippen LogP contribution in [0.1, 0.15) is 10.4 Å². The second-order valence-electron chi connectivity index (χ2n) is 3.61. The Hall–Kier alpha value is -2.28. The number of aliphatic hydroxyl groups is 1. The predicted molar refractivity (Wildman–Crippen MR) is 65.5 cm³/mol. The molecule has 0 radical (unpaired) electrons. The predicted octanol–water partition coefficient (Wildman–Crippen LogP) is -0.121. The molecule has 0 aliphatic heterocycles. The quantitative estimate of drug-likeness (QED) is 0.665. The maximum Gasteiger partial charge on any atom is 0.328 e. The molecule has 0 unspecified atom stereocenters. The minimum Gasteiger partial charge on any atom is -0.497 e. The van der Waals surface area contributed by atoms with Crippen LogP contribution < -0.4 is 14.8 Å². The fourth-order valence-corrected chi connectivity index (χ4v) is 1.41. The first-order valence-corrected chi connectivity index (χ1v) is 5.40. The largest absolute Gasteiger partial charge is 0.497 e. The number of carboxylic acid groups (broad SMARTS) is 1. The van der Waals surface area contributed by atoms with Crippen molar-refractivity contribution in [3.63, 3.8) is 0 Å². The Kier molecular flexibility index (Phi) is 5.13. The van der Waals surface area contributed by atoms with Gasteiger partial charge in [0.15, 0.2) is 6.04 Å². The van der Waals surface area contributed by atoms with Crippen LogP contribution in [0.15, 0.2) is 18.2 Å². The molecule has 19 heavy (non-hydrogen) atoms. The Morgan fingerprint density at radius 3 is 2.47 bits per heavy atom. The smallest absolute Gasteiger partial charge is 0.328 e. The summed E-state index contributed by atoms with van der Waals surface area (Å²) in [6, 6.07) is 3.19. The summed E-state index contributed by atoms with van der Waals surface area (Å²) in [5.74, 6) is -1.28. The number of aliphatic carboxylic acids is 1. The standard InChI is InChI=1S/C12H15NO6/c1-18-7-3-4-10(19-2)8(5-7)11(15)13-9(6-14)12(16)17/h3-5,9,14H,6H2,1-2H3,(H,13,15)(H,16,17)/t9-/m0/s1. The molecule has 0 heterocycles. The molecule has 3 N–H and O–H groups in total. The highest BCUT2D eigenvalue weighted by atomic mass is 16.5. The summed E-state index contributed by atoms with van der Waals surface area (Å²) in [6.45, 7) is -0.701. The van der Waals surface area contributed by atoms with Crippen molar-refractivity contribution in [1.82, 2.24) is 5.32 Å². The van der Waals surface area contributed by atoms with Gasteiger partial charge in [0.25, 0.3) is 5.91 Å². The fraction of sp³-hybridized carbons (Fsp3) is 0.333. The molecule has 1 aromatic carbocycles. The van der Waals surface area contributed by atoms with Crippen LogP contribution in [0.2, 0.25) is 0 Å². The Labute approximate surface area is 109 Å². The van der Waals surface area contributed by atoms with E-state index < -0.39 is 24.5 Å². The van der Waals surface area contributed by atoms with E-state index in [0.717, 1.165) is 0 Å². The van der Waals surface area contributed by atoms with Crippen LogP contribution in [-0.2, 0) is 4.79 Å². The number of hydrogen-bond donors (Lipinski definition) is 3. The van der Waals surface area contributed by atoms with Crippen LogP contribution in [0.25, 0.3) is 0 Å². The molecule has 0 spiro atoms. The van der Waals surface area contributed by atoms with E-state index in [1.54, 1.807) is 6.07 Å². The Balaban J connectivity index is 3.00. The zero-order valence-electron chi connectivity index (χ0n) is 10.5. The van der Waals surface area contributed by atoms with E-state index in [9.17, 15) is 9.59 Å². The first-order valence-electron chi connectivity index (χ1n) is 5.40. The summed E-state index contributed by atoms with van der Waals surface area (Å²) in [4.78, 5) is 22.7. The number of amides is 1. The molecule has 1 atom stereocenters. The van der Waals surface area contributed by atoms with Gasteiger partial charge in [0.2, 0.25) is 0 Å². The van der Waals surface area contributed by atoms with E-state index in [-0.39, 0.29) is 11.3 Å². The van der Waals surface area contributed by atoms with E-state index in [4.69, 9.17) is 19.7 Å². The highest BCUT2D eigenvalue weighted by Gasteiger charge is 2.22. The van der Waals surface area contributed by atoms with Crippen molar-refractivity contribution < 1.29 is 29.3 Å². The number of methoxy groups -OCH3 is 2. The number of aliphatic hydroxyl groups excluding tert-OH is 1. The van der Waals surface area contributed by atoms with E-state index in [0.29, 0.717) is 5.75 Å². The number of nitrogens with one attached hydrogen (secondary N) is 1. The Morgan fingerprint density at radius 1 is 1.32 bits per heavy atom. The molecule has 1 aromatic rings. The van der Waals surface area contributed by atoms with Gasteiger partial charge >= 0.3 is 5.97 Å². The third-order valence-corrected chi connectivity index (χ3v) is 2.44. The molecule has 0 saturated carbocycles. The maximum atomic E-state index is 11.9. The number of rotatable bonds is 6. The van der Waals surface area contributed by atoms with Crippen LogP contribution in [0.5, 0.6) is 11.5 Å². The molecule has 7 heteroatoms.